The van der Waals surface area contributed by atoms with Crippen molar-refractivity contribution in [1.82, 2.24) is 4.98 Å². The summed E-state index contributed by atoms with van der Waals surface area (Å²) in [5.41, 5.74) is 11.2. The Morgan fingerprint density at radius 2 is 1.90 bits per heavy atom. The number of allylic oxidation sites excluding steroid dienone is 2. The van der Waals surface area contributed by atoms with Gasteiger partial charge in [0, 0.05) is 40.2 Å². The van der Waals surface area contributed by atoms with E-state index in [-0.39, 0.29) is 13.0 Å². The first-order chi connectivity index (χ1) is 23.9. The van der Waals surface area contributed by atoms with Crippen molar-refractivity contribution >= 4 is 77.2 Å². The van der Waals surface area contributed by atoms with E-state index >= 15 is 0 Å². The van der Waals surface area contributed by atoms with Gasteiger partial charge in [-0.25, -0.2) is 8.42 Å². The number of hydrogen-bond acceptors (Lipinski definition) is 10. The van der Waals surface area contributed by atoms with Gasteiger partial charge in [-0.2, -0.15) is 13.0 Å². The Balaban J connectivity index is 0.000000732. The van der Waals surface area contributed by atoms with Crippen LogP contribution in [0.25, 0.3) is 38.4 Å². The molecule has 17 heteroatoms. The number of nitrogens with zero attached hydrogens (tertiary/aromatic N) is 6. The molecule has 3 aromatic carbocycles. The van der Waals surface area contributed by atoms with Crippen LogP contribution in [0.15, 0.2) is 116 Å². The second-order valence-electron chi connectivity index (χ2n) is 11.0. The number of hydrogen-bond donors (Lipinski definition) is 1. The first-order valence-electron chi connectivity index (χ1n) is 15.1. The lowest BCUT2D eigenvalue weighted by molar-refractivity contribution is -0.677. The van der Waals surface area contributed by atoms with Gasteiger partial charge in [-0.05, 0) is 71.5 Å². The van der Waals surface area contributed by atoms with Gasteiger partial charge in [0.15, 0.2) is 12.4 Å². The Morgan fingerprint density at radius 1 is 1.14 bits per heavy atom. The molecule has 13 nitrogen and oxygen atoms in total. The zero-order valence-corrected chi connectivity index (χ0v) is 29.7. The summed E-state index contributed by atoms with van der Waals surface area (Å²) in [5, 5.41) is 4.59. The number of halogens is 1. The van der Waals surface area contributed by atoms with E-state index in [1.165, 1.54) is 16.7 Å². The van der Waals surface area contributed by atoms with Crippen molar-refractivity contribution < 1.29 is 34.9 Å². The smallest absolute Gasteiger partial charge is 0.374 e. The van der Waals surface area contributed by atoms with E-state index in [1.54, 1.807) is 53.4 Å². The number of aryl methyl sites for hydroxylation is 1. The van der Waals surface area contributed by atoms with Crippen molar-refractivity contribution in [2.45, 2.75) is 36.5 Å². The minimum atomic E-state index is -4.76. The van der Waals surface area contributed by atoms with Crippen molar-refractivity contribution in [2.24, 2.45) is 5.11 Å². The molecule has 0 spiro atoms. The van der Waals surface area contributed by atoms with Crippen molar-refractivity contribution in [2.75, 3.05) is 17.3 Å². The predicted molar refractivity (Wildman–Crippen MR) is 193 cm³/mol. The molecule has 0 amide bonds. The Morgan fingerprint density at radius 3 is 2.54 bits per heavy atom. The molecular formula is C33H31ClN6O7S3. The Kier molecular flexibility index (Phi) is 11.9. The van der Waals surface area contributed by atoms with Crippen molar-refractivity contribution in [1.29, 1.82) is 0 Å². The number of aromatic nitrogens is 2. The molecule has 1 atom stereocenters. The Hall–Kier alpha value is -4.41. The summed E-state index contributed by atoms with van der Waals surface area (Å²) in [6.07, 6.45) is 7.40. The van der Waals surface area contributed by atoms with Crippen LogP contribution >= 0.6 is 23.4 Å². The lowest BCUT2D eigenvalue weighted by Crippen LogP contribution is -2.39. The quantitative estimate of drug-likeness (QED) is 0.0470. The summed E-state index contributed by atoms with van der Waals surface area (Å²) >= 11 is 7.50. The molecule has 2 aromatic heterocycles. The molecule has 0 radical (unpaired) electrons. The fraction of sp³-hybridized carbons (Fsp3) is 0.212. The number of anilines is 1. The predicted octanol–water partition coefficient (Wildman–Crippen LogP) is 7.32. The highest BCUT2D eigenvalue weighted by atomic mass is 35.5. The molecule has 260 valence electrons. The zero-order chi connectivity index (χ0) is 35.9. The van der Waals surface area contributed by atoms with E-state index < -0.39 is 37.9 Å². The molecule has 50 heavy (non-hydrogen) atoms. The maximum atomic E-state index is 12.0. The van der Waals surface area contributed by atoms with E-state index in [9.17, 15) is 25.9 Å². The third-order valence-electron chi connectivity index (χ3n) is 7.62. The van der Waals surface area contributed by atoms with Crippen LogP contribution in [0, 0.1) is 0 Å². The summed E-state index contributed by atoms with van der Waals surface area (Å²) in [7, 11) is -9.16. The van der Waals surface area contributed by atoms with Crippen LogP contribution in [-0.4, -0.2) is 48.6 Å². The molecule has 1 N–H and O–H groups in total. The van der Waals surface area contributed by atoms with E-state index in [4.69, 9.17) is 21.5 Å². The minimum absolute atomic E-state index is 0.0566. The third kappa shape index (κ3) is 9.22. The minimum Gasteiger partial charge on any atom is -0.748 e. The normalized spacial score (nSPS) is 14.7. The molecule has 0 saturated heterocycles. The van der Waals surface area contributed by atoms with Gasteiger partial charge >= 0.3 is 5.89 Å². The first-order valence-corrected chi connectivity index (χ1v) is 19.4. The number of thioether (sulfide) groups is 1. The fourth-order valence-electron chi connectivity index (χ4n) is 5.28. The SMILES string of the molecule is CCC(=Cc1oc2ccc3ccccc3c2[n+]1CCC(CN=[N+]=[N-])S(=O)(=O)[O-])C=C1Sc2ccc(Cl)cc2N1CS(=O)(=O)O.c1ccncc1. The van der Waals surface area contributed by atoms with Crippen LogP contribution in [0.5, 0.6) is 0 Å². The maximum absolute atomic E-state index is 12.0. The number of fused-ring (bicyclic) bond motifs is 4. The number of pyridine rings is 1. The molecule has 0 saturated carbocycles. The van der Waals surface area contributed by atoms with Gasteiger partial charge in [0.2, 0.25) is 5.58 Å². The van der Waals surface area contributed by atoms with E-state index in [0.717, 1.165) is 21.2 Å². The number of oxazole rings is 1. The average molecular weight is 755 g/mol. The highest BCUT2D eigenvalue weighted by molar-refractivity contribution is 8.03. The van der Waals surface area contributed by atoms with Crippen LogP contribution in [0.3, 0.4) is 0 Å². The van der Waals surface area contributed by atoms with Crippen LogP contribution in [-0.2, 0) is 26.8 Å². The molecule has 5 aromatic rings. The highest BCUT2D eigenvalue weighted by Crippen LogP contribution is 2.47. The average Bonchev–Trinajstić information content (AvgIpc) is 3.60. The summed E-state index contributed by atoms with van der Waals surface area (Å²) in [4.78, 5) is 8.61. The van der Waals surface area contributed by atoms with Gasteiger partial charge in [-0.15, -0.1) is 0 Å². The van der Waals surface area contributed by atoms with E-state index in [0.29, 0.717) is 39.2 Å². The van der Waals surface area contributed by atoms with Crippen LogP contribution in [0.4, 0.5) is 5.69 Å². The fourth-order valence-corrected chi connectivity index (χ4v) is 7.90. The number of rotatable bonds is 11. The molecule has 3 heterocycles. The lowest BCUT2D eigenvalue weighted by Gasteiger charge is -2.19. The second kappa shape index (κ2) is 16.1. The standard InChI is InChI=1S/C28H26ClN5O7S3.C5H5N/c1-2-18(14-27-34(17-43(35,36)37)23-15-20(29)8-10-25(23)42-27)13-26-33(12-11-21(16-31-32-30)44(38,39)40)28-22-6-4-3-5-19(22)7-9-24(28)41-26;1-2-4-6-5-3-1/h3-10,13-15,21H,2,11-12,16-17H2,1H3,(H-,35,36,37,38,39,40);1-5H. The largest absolute Gasteiger partial charge is 0.748 e. The summed E-state index contributed by atoms with van der Waals surface area (Å²) in [5.74, 6) is -0.316. The van der Waals surface area contributed by atoms with Gasteiger partial charge in [0.25, 0.3) is 15.6 Å². The van der Waals surface area contributed by atoms with Crippen molar-refractivity contribution in [3.05, 3.63) is 123 Å². The number of azide groups is 1. The molecule has 0 bridgehead atoms. The van der Waals surface area contributed by atoms with Crippen LogP contribution < -0.4 is 9.47 Å². The topological polar surface area (TPSA) is 193 Å². The molecule has 1 aliphatic heterocycles. The van der Waals surface area contributed by atoms with Gasteiger partial charge in [0.05, 0.1) is 37.5 Å². The summed E-state index contributed by atoms with van der Waals surface area (Å²) in [6.45, 7) is 1.46. The van der Waals surface area contributed by atoms with Gasteiger partial charge in [-0.3, -0.25) is 9.54 Å². The van der Waals surface area contributed by atoms with Gasteiger partial charge in [0.1, 0.15) is 0 Å². The van der Waals surface area contributed by atoms with Crippen LogP contribution in [0.1, 0.15) is 25.7 Å². The molecule has 0 fully saturated rings. The van der Waals surface area contributed by atoms with Gasteiger partial charge in [-0.1, -0.05) is 65.7 Å². The number of benzene rings is 3. The molecule has 1 unspecified atom stereocenters. The Bertz CT molecular complexity index is 2320. The molecular weight excluding hydrogens is 724 g/mol. The monoisotopic (exact) mass is 754 g/mol. The highest BCUT2D eigenvalue weighted by Gasteiger charge is 2.30. The second-order valence-corrected chi connectivity index (χ2v) is 15.5. The molecule has 1 aliphatic rings. The summed E-state index contributed by atoms with van der Waals surface area (Å²) in [6, 6.07) is 22.1. The zero-order valence-electron chi connectivity index (χ0n) is 26.5. The van der Waals surface area contributed by atoms with E-state index in [2.05, 4.69) is 15.0 Å². The summed E-state index contributed by atoms with van der Waals surface area (Å²) < 4.78 is 77.4. The van der Waals surface area contributed by atoms with Crippen LogP contribution in [0.2, 0.25) is 5.02 Å². The lowest BCUT2D eigenvalue weighted by atomic mass is 10.1. The molecule has 0 aliphatic carbocycles. The van der Waals surface area contributed by atoms with Crippen molar-refractivity contribution in [3.8, 4) is 0 Å². The first kappa shape index (κ1) is 36.9. The van der Waals surface area contributed by atoms with Gasteiger partial charge < -0.3 is 13.9 Å². The van der Waals surface area contributed by atoms with E-state index in [1.807, 2.05) is 55.5 Å². The van der Waals surface area contributed by atoms with Crippen molar-refractivity contribution in [3.63, 3.8) is 0 Å². The Labute approximate surface area is 298 Å². The molecule has 6 rings (SSSR count). The maximum Gasteiger partial charge on any atom is 0.374 e. The third-order valence-corrected chi connectivity index (χ3v) is 10.8.